The Morgan fingerprint density at radius 2 is 0.900 bits per heavy atom. The van der Waals surface area contributed by atoms with Crippen LogP contribution in [-0.2, 0) is 0 Å². The molecule has 0 N–H and O–H groups in total. The summed E-state index contributed by atoms with van der Waals surface area (Å²) in [6, 6.07) is 58.6. The first-order valence-corrected chi connectivity index (χ1v) is 16.7. The number of furan rings is 2. The van der Waals surface area contributed by atoms with Crippen LogP contribution in [0.25, 0.3) is 100 Å². The molecule has 0 saturated carbocycles. The number of rotatable bonds is 5. The van der Waals surface area contributed by atoms with Crippen LogP contribution in [0.1, 0.15) is 0 Å². The molecule has 10 aromatic rings. The van der Waals surface area contributed by atoms with Crippen LogP contribution >= 0.6 is 0 Å². The third kappa shape index (κ3) is 4.77. The number of fused-ring (bicyclic) bond motifs is 6. The predicted octanol–water partition coefficient (Wildman–Crippen LogP) is 12.6. The second kappa shape index (κ2) is 11.4. The van der Waals surface area contributed by atoms with E-state index < -0.39 is 0 Å². The predicted molar refractivity (Wildman–Crippen MR) is 204 cm³/mol. The molecular weight excluding hydrogens is 613 g/mol. The first-order chi connectivity index (χ1) is 24.7. The van der Waals surface area contributed by atoms with E-state index in [0.717, 1.165) is 94.2 Å². The first kappa shape index (κ1) is 28.3. The lowest BCUT2D eigenvalue weighted by Gasteiger charge is -2.13. The van der Waals surface area contributed by atoms with Gasteiger partial charge < -0.3 is 8.83 Å². The molecule has 0 spiro atoms. The summed E-state index contributed by atoms with van der Waals surface area (Å²) in [5, 5.41) is 4.33. The molecule has 0 aliphatic heterocycles. The highest BCUT2D eigenvalue weighted by atomic mass is 16.3. The van der Waals surface area contributed by atoms with E-state index in [-0.39, 0.29) is 0 Å². The summed E-state index contributed by atoms with van der Waals surface area (Å²) in [6.45, 7) is 0. The van der Waals surface area contributed by atoms with Gasteiger partial charge in [-0.2, -0.15) is 0 Å². The molecule has 0 radical (unpaired) electrons. The van der Waals surface area contributed by atoms with Gasteiger partial charge in [0.25, 0.3) is 0 Å². The molecule has 0 unspecified atom stereocenters. The SMILES string of the molecule is c1ccc(-c2cc(-c3cc(-c4ccccc4)nc(-c4ccc5oc6ccccc6c5c4)n3)cc(-c3cccc4c3oc3ccccc34)c2)cc1. The van der Waals surface area contributed by atoms with E-state index in [0.29, 0.717) is 5.82 Å². The quantitative estimate of drug-likeness (QED) is 0.188. The molecule has 0 amide bonds. The fourth-order valence-corrected chi connectivity index (χ4v) is 7.05. The van der Waals surface area contributed by atoms with E-state index in [1.807, 2.05) is 66.7 Å². The molecule has 0 bridgehead atoms. The summed E-state index contributed by atoms with van der Waals surface area (Å²) < 4.78 is 12.6. The van der Waals surface area contributed by atoms with Crippen molar-refractivity contribution >= 4 is 43.9 Å². The fraction of sp³-hybridized carbons (Fsp3) is 0. The van der Waals surface area contributed by atoms with Crippen molar-refractivity contribution in [2.75, 3.05) is 0 Å². The topological polar surface area (TPSA) is 52.1 Å². The largest absolute Gasteiger partial charge is 0.456 e. The molecule has 3 aromatic heterocycles. The minimum atomic E-state index is 0.652. The van der Waals surface area contributed by atoms with Crippen molar-refractivity contribution in [2.24, 2.45) is 0 Å². The number of hydrogen-bond donors (Lipinski definition) is 0. The summed E-state index contributed by atoms with van der Waals surface area (Å²) in [5.41, 5.74) is 12.4. The van der Waals surface area contributed by atoms with Crippen LogP contribution < -0.4 is 0 Å². The van der Waals surface area contributed by atoms with Crippen molar-refractivity contribution in [3.8, 4) is 56.2 Å². The summed E-state index contributed by atoms with van der Waals surface area (Å²) in [4.78, 5) is 10.4. The molecule has 4 nitrogen and oxygen atoms in total. The van der Waals surface area contributed by atoms with E-state index in [2.05, 4.69) is 103 Å². The summed E-state index contributed by atoms with van der Waals surface area (Å²) in [6.07, 6.45) is 0. The van der Waals surface area contributed by atoms with Gasteiger partial charge in [0.1, 0.15) is 22.3 Å². The third-order valence-electron chi connectivity index (χ3n) is 9.48. The number of para-hydroxylation sites is 3. The smallest absolute Gasteiger partial charge is 0.160 e. The highest BCUT2D eigenvalue weighted by Gasteiger charge is 2.17. The Kier molecular flexibility index (Phi) is 6.46. The van der Waals surface area contributed by atoms with Crippen LogP contribution in [0.4, 0.5) is 0 Å². The molecule has 7 aromatic carbocycles. The van der Waals surface area contributed by atoms with Crippen LogP contribution in [0.3, 0.4) is 0 Å². The number of hydrogen-bond acceptors (Lipinski definition) is 4. The zero-order valence-corrected chi connectivity index (χ0v) is 26.9. The number of aromatic nitrogens is 2. The lowest BCUT2D eigenvalue weighted by Crippen LogP contribution is -1.96. The highest BCUT2D eigenvalue weighted by molar-refractivity contribution is 6.10. The van der Waals surface area contributed by atoms with Crippen molar-refractivity contribution < 1.29 is 8.83 Å². The van der Waals surface area contributed by atoms with Crippen molar-refractivity contribution in [1.82, 2.24) is 9.97 Å². The van der Waals surface area contributed by atoms with E-state index in [1.165, 1.54) is 0 Å². The summed E-state index contributed by atoms with van der Waals surface area (Å²) >= 11 is 0. The molecule has 0 saturated heterocycles. The standard InChI is InChI=1S/C46H28N2O2/c1-3-12-29(13-4-1)32-24-33(35-18-11-19-38-36-16-7-10-21-43(36)50-45(35)38)26-34(25-32)41-28-40(30-14-5-2-6-15-30)47-46(48-41)31-22-23-44-39(27-31)37-17-8-9-20-42(37)49-44/h1-28H. The molecule has 0 aliphatic rings. The number of nitrogens with zero attached hydrogens (tertiary/aromatic N) is 2. The van der Waals surface area contributed by atoms with Gasteiger partial charge in [-0.25, -0.2) is 9.97 Å². The second-order valence-electron chi connectivity index (χ2n) is 12.6. The van der Waals surface area contributed by atoms with Gasteiger partial charge >= 0.3 is 0 Å². The first-order valence-electron chi connectivity index (χ1n) is 16.7. The van der Waals surface area contributed by atoms with E-state index in [9.17, 15) is 0 Å². The summed E-state index contributed by atoms with van der Waals surface area (Å²) in [7, 11) is 0. The lowest BCUT2D eigenvalue weighted by molar-refractivity contribution is 0.669. The Morgan fingerprint density at radius 3 is 1.68 bits per heavy atom. The minimum Gasteiger partial charge on any atom is -0.456 e. The van der Waals surface area contributed by atoms with Gasteiger partial charge in [0.2, 0.25) is 0 Å². The molecule has 0 atom stereocenters. The van der Waals surface area contributed by atoms with E-state index in [4.69, 9.17) is 18.8 Å². The molecule has 0 aliphatic carbocycles. The van der Waals surface area contributed by atoms with Crippen LogP contribution in [0.2, 0.25) is 0 Å². The summed E-state index contributed by atoms with van der Waals surface area (Å²) in [5.74, 6) is 0.652. The fourth-order valence-electron chi connectivity index (χ4n) is 7.05. The Hall–Kier alpha value is -6.78. The second-order valence-corrected chi connectivity index (χ2v) is 12.6. The van der Waals surface area contributed by atoms with E-state index in [1.54, 1.807) is 0 Å². The van der Waals surface area contributed by atoms with Gasteiger partial charge in [-0.05, 0) is 71.3 Å². The van der Waals surface area contributed by atoms with Crippen molar-refractivity contribution in [3.63, 3.8) is 0 Å². The third-order valence-corrected chi connectivity index (χ3v) is 9.48. The van der Waals surface area contributed by atoms with Crippen molar-refractivity contribution in [3.05, 3.63) is 170 Å². The molecule has 10 rings (SSSR count). The Bertz CT molecular complexity index is 2870. The molecular formula is C46H28N2O2. The van der Waals surface area contributed by atoms with Gasteiger partial charge in [0.15, 0.2) is 5.82 Å². The van der Waals surface area contributed by atoms with Gasteiger partial charge in [-0.1, -0.05) is 115 Å². The maximum absolute atomic E-state index is 6.51. The maximum atomic E-state index is 6.51. The molecule has 50 heavy (non-hydrogen) atoms. The molecule has 234 valence electrons. The van der Waals surface area contributed by atoms with E-state index >= 15 is 0 Å². The normalized spacial score (nSPS) is 11.6. The van der Waals surface area contributed by atoms with Crippen molar-refractivity contribution in [1.29, 1.82) is 0 Å². The lowest BCUT2D eigenvalue weighted by atomic mass is 9.93. The van der Waals surface area contributed by atoms with Gasteiger partial charge in [-0.15, -0.1) is 0 Å². The maximum Gasteiger partial charge on any atom is 0.160 e. The van der Waals surface area contributed by atoms with Gasteiger partial charge in [0.05, 0.1) is 11.4 Å². The van der Waals surface area contributed by atoms with Crippen molar-refractivity contribution in [2.45, 2.75) is 0 Å². The van der Waals surface area contributed by atoms with Crippen LogP contribution in [0, 0.1) is 0 Å². The van der Waals surface area contributed by atoms with Crippen LogP contribution in [0.15, 0.2) is 179 Å². The monoisotopic (exact) mass is 640 g/mol. The zero-order valence-electron chi connectivity index (χ0n) is 26.9. The average molecular weight is 641 g/mol. The van der Waals surface area contributed by atoms with Crippen LogP contribution in [-0.4, -0.2) is 9.97 Å². The van der Waals surface area contributed by atoms with Crippen LogP contribution in [0.5, 0.6) is 0 Å². The Labute approximate surface area is 287 Å². The Balaban J connectivity index is 1.21. The highest BCUT2D eigenvalue weighted by Crippen LogP contribution is 2.40. The Morgan fingerprint density at radius 1 is 0.320 bits per heavy atom. The van der Waals surface area contributed by atoms with Gasteiger partial charge in [0, 0.05) is 43.8 Å². The number of benzene rings is 7. The molecule has 3 heterocycles. The minimum absolute atomic E-state index is 0.652. The molecule has 0 fully saturated rings. The zero-order chi connectivity index (χ0) is 33.0. The van der Waals surface area contributed by atoms with Gasteiger partial charge in [-0.3, -0.25) is 0 Å². The average Bonchev–Trinajstić information content (AvgIpc) is 3.76. The molecule has 4 heteroatoms.